The van der Waals surface area contributed by atoms with Crippen LogP contribution in [0.2, 0.25) is 0 Å². The molecule has 1 aromatic heterocycles. The first kappa shape index (κ1) is 18.7. The fourth-order valence-corrected chi connectivity index (χ4v) is 3.46. The van der Waals surface area contributed by atoms with E-state index in [0.717, 1.165) is 31.2 Å². The zero-order chi connectivity index (χ0) is 18.2. The van der Waals surface area contributed by atoms with Crippen LogP contribution in [0.4, 0.5) is 10.1 Å². The Bertz CT molecular complexity index is 714. The molecule has 2 heterocycles. The van der Waals surface area contributed by atoms with Crippen LogP contribution in [0.15, 0.2) is 40.0 Å². The Morgan fingerprint density at radius 1 is 1.23 bits per heavy atom. The van der Waals surface area contributed by atoms with E-state index in [1.165, 1.54) is 5.56 Å². The molecule has 0 saturated carbocycles. The van der Waals surface area contributed by atoms with E-state index in [2.05, 4.69) is 27.1 Å². The van der Waals surface area contributed by atoms with Gasteiger partial charge in [-0.25, -0.2) is 9.38 Å². The van der Waals surface area contributed by atoms with E-state index in [9.17, 15) is 4.39 Å². The van der Waals surface area contributed by atoms with E-state index >= 15 is 0 Å². The summed E-state index contributed by atoms with van der Waals surface area (Å²) in [5.41, 5.74) is 2.73. The van der Waals surface area contributed by atoms with Gasteiger partial charge in [0, 0.05) is 26.2 Å². The quantitative estimate of drug-likeness (QED) is 0.601. The van der Waals surface area contributed by atoms with Crippen molar-refractivity contribution in [1.82, 2.24) is 10.6 Å². The molecule has 3 rings (SSSR count). The van der Waals surface area contributed by atoms with Gasteiger partial charge in [-0.3, -0.25) is 0 Å². The van der Waals surface area contributed by atoms with Crippen molar-refractivity contribution in [2.75, 3.05) is 37.7 Å². The van der Waals surface area contributed by atoms with Crippen LogP contribution in [0.3, 0.4) is 0 Å². The maximum atomic E-state index is 14.5. The molecule has 1 saturated heterocycles. The first-order chi connectivity index (χ1) is 12.8. The second-order valence-electron chi connectivity index (χ2n) is 6.07. The molecule has 0 bridgehead atoms. The first-order valence-corrected chi connectivity index (χ1v) is 9.85. The van der Waals surface area contributed by atoms with Gasteiger partial charge in [0.25, 0.3) is 0 Å². The third-order valence-corrected chi connectivity index (χ3v) is 4.90. The summed E-state index contributed by atoms with van der Waals surface area (Å²) in [5.74, 6) is 0.544. The molecule has 7 heteroatoms. The van der Waals surface area contributed by atoms with Crippen LogP contribution in [0.1, 0.15) is 18.1 Å². The number of nitrogens with one attached hydrogen (secondary N) is 2. The molecule has 140 valence electrons. The number of benzene rings is 1. The van der Waals surface area contributed by atoms with E-state index in [4.69, 9.17) is 4.74 Å². The van der Waals surface area contributed by atoms with Crippen molar-refractivity contribution in [1.29, 1.82) is 0 Å². The number of guanidine groups is 1. The Morgan fingerprint density at radius 2 is 2.08 bits per heavy atom. The van der Waals surface area contributed by atoms with Crippen molar-refractivity contribution in [2.24, 2.45) is 4.99 Å². The van der Waals surface area contributed by atoms with Crippen LogP contribution in [0.5, 0.6) is 0 Å². The highest BCUT2D eigenvalue weighted by molar-refractivity contribution is 7.07. The number of anilines is 1. The number of nitrogens with zero attached hydrogens (tertiary/aromatic N) is 2. The van der Waals surface area contributed by atoms with Gasteiger partial charge in [-0.1, -0.05) is 6.07 Å². The predicted octanol–water partition coefficient (Wildman–Crippen LogP) is 2.98. The highest BCUT2D eigenvalue weighted by Gasteiger charge is 2.15. The SMILES string of the molecule is CCNC(=NCc1ccsc1)NCc1ccc(N2CCOCC2)c(F)c1. The average molecular weight is 377 g/mol. The number of halogens is 1. The number of ether oxygens (including phenoxy) is 1. The number of thiophene rings is 1. The van der Waals surface area contributed by atoms with Gasteiger partial charge in [0.2, 0.25) is 0 Å². The Balaban J connectivity index is 1.59. The molecule has 1 aliphatic heterocycles. The molecule has 0 atom stereocenters. The van der Waals surface area contributed by atoms with E-state index in [1.807, 2.05) is 29.3 Å². The maximum Gasteiger partial charge on any atom is 0.191 e. The topological polar surface area (TPSA) is 48.9 Å². The number of hydrogen-bond acceptors (Lipinski definition) is 4. The number of morpholine rings is 1. The second kappa shape index (κ2) is 9.54. The maximum absolute atomic E-state index is 14.5. The van der Waals surface area contributed by atoms with E-state index in [1.54, 1.807) is 17.4 Å². The fraction of sp³-hybridized carbons (Fsp3) is 0.421. The largest absolute Gasteiger partial charge is 0.378 e. The lowest BCUT2D eigenvalue weighted by Crippen LogP contribution is -2.37. The number of hydrogen-bond donors (Lipinski definition) is 2. The van der Waals surface area contributed by atoms with Crippen molar-refractivity contribution in [3.8, 4) is 0 Å². The van der Waals surface area contributed by atoms with Gasteiger partial charge in [0.05, 0.1) is 25.4 Å². The summed E-state index contributed by atoms with van der Waals surface area (Å²) < 4.78 is 19.8. The molecule has 0 spiro atoms. The molecule has 0 amide bonds. The third-order valence-electron chi connectivity index (χ3n) is 4.17. The first-order valence-electron chi connectivity index (χ1n) is 8.90. The summed E-state index contributed by atoms with van der Waals surface area (Å²) in [6, 6.07) is 7.48. The molecule has 0 radical (unpaired) electrons. The highest BCUT2D eigenvalue weighted by atomic mass is 32.1. The summed E-state index contributed by atoms with van der Waals surface area (Å²) in [5, 5.41) is 10.6. The smallest absolute Gasteiger partial charge is 0.191 e. The minimum Gasteiger partial charge on any atom is -0.378 e. The Labute approximate surface area is 157 Å². The van der Waals surface area contributed by atoms with Gasteiger partial charge < -0.3 is 20.3 Å². The summed E-state index contributed by atoms with van der Waals surface area (Å²) >= 11 is 1.67. The minimum atomic E-state index is -0.189. The second-order valence-corrected chi connectivity index (χ2v) is 6.85. The van der Waals surface area contributed by atoms with Gasteiger partial charge in [-0.2, -0.15) is 11.3 Å². The van der Waals surface area contributed by atoms with Crippen LogP contribution in [0, 0.1) is 5.82 Å². The monoisotopic (exact) mass is 376 g/mol. The van der Waals surface area contributed by atoms with E-state index in [0.29, 0.717) is 32.0 Å². The van der Waals surface area contributed by atoms with Crippen molar-refractivity contribution in [3.05, 3.63) is 52.0 Å². The lowest BCUT2D eigenvalue weighted by atomic mass is 10.1. The molecular formula is C19H25FN4OS. The van der Waals surface area contributed by atoms with Gasteiger partial charge in [0.15, 0.2) is 5.96 Å². The summed E-state index contributed by atoms with van der Waals surface area (Å²) in [6.45, 7) is 6.71. The molecule has 1 aromatic carbocycles. The Morgan fingerprint density at radius 3 is 2.77 bits per heavy atom. The molecule has 0 aliphatic carbocycles. The van der Waals surface area contributed by atoms with Crippen LogP contribution in [0.25, 0.3) is 0 Å². The molecular weight excluding hydrogens is 351 g/mol. The minimum absolute atomic E-state index is 0.189. The molecule has 1 aliphatic rings. The molecule has 2 aromatic rings. The van der Waals surface area contributed by atoms with Gasteiger partial charge in [-0.15, -0.1) is 0 Å². The van der Waals surface area contributed by atoms with Gasteiger partial charge >= 0.3 is 0 Å². The molecule has 26 heavy (non-hydrogen) atoms. The van der Waals surface area contributed by atoms with Crippen LogP contribution < -0.4 is 15.5 Å². The Kier molecular flexibility index (Phi) is 6.85. The highest BCUT2D eigenvalue weighted by Crippen LogP contribution is 2.21. The van der Waals surface area contributed by atoms with Crippen molar-refractivity contribution in [3.63, 3.8) is 0 Å². The van der Waals surface area contributed by atoms with Crippen LogP contribution in [-0.2, 0) is 17.8 Å². The lowest BCUT2D eigenvalue weighted by molar-refractivity contribution is 0.122. The van der Waals surface area contributed by atoms with Gasteiger partial charge in [-0.05, 0) is 47.0 Å². The van der Waals surface area contributed by atoms with E-state index < -0.39 is 0 Å². The number of rotatable bonds is 6. The van der Waals surface area contributed by atoms with Crippen molar-refractivity contribution < 1.29 is 9.13 Å². The average Bonchev–Trinajstić information content (AvgIpc) is 3.18. The molecule has 2 N–H and O–H groups in total. The normalized spacial score (nSPS) is 15.2. The molecule has 1 fully saturated rings. The fourth-order valence-electron chi connectivity index (χ4n) is 2.80. The van der Waals surface area contributed by atoms with Crippen molar-refractivity contribution in [2.45, 2.75) is 20.0 Å². The number of aliphatic imine (C=N–C) groups is 1. The Hall–Kier alpha value is -2.12. The van der Waals surface area contributed by atoms with Crippen molar-refractivity contribution >= 4 is 23.0 Å². The standard InChI is InChI=1S/C19H25FN4OS/c1-2-21-19(23-13-16-5-10-26-14-16)22-12-15-3-4-18(17(20)11-15)24-6-8-25-9-7-24/h3-5,10-11,14H,2,6-9,12-13H2,1H3,(H2,21,22,23). The summed E-state index contributed by atoms with van der Waals surface area (Å²) in [7, 11) is 0. The van der Waals surface area contributed by atoms with Gasteiger partial charge in [0.1, 0.15) is 5.82 Å². The molecule has 0 unspecified atom stereocenters. The summed E-state index contributed by atoms with van der Waals surface area (Å²) in [4.78, 5) is 6.60. The summed E-state index contributed by atoms with van der Waals surface area (Å²) in [6.07, 6.45) is 0. The third kappa shape index (κ3) is 5.19. The van der Waals surface area contributed by atoms with Crippen LogP contribution >= 0.6 is 11.3 Å². The zero-order valence-electron chi connectivity index (χ0n) is 15.0. The van der Waals surface area contributed by atoms with Crippen LogP contribution in [-0.4, -0.2) is 38.8 Å². The molecule has 5 nitrogen and oxygen atoms in total. The zero-order valence-corrected chi connectivity index (χ0v) is 15.8. The lowest BCUT2D eigenvalue weighted by Gasteiger charge is -2.29. The predicted molar refractivity (Wildman–Crippen MR) is 105 cm³/mol. The van der Waals surface area contributed by atoms with E-state index in [-0.39, 0.29) is 5.82 Å².